The van der Waals surface area contributed by atoms with Gasteiger partial charge in [0.05, 0.1) is 0 Å². The van der Waals surface area contributed by atoms with Gasteiger partial charge in [-0.2, -0.15) is 0 Å². The van der Waals surface area contributed by atoms with Gasteiger partial charge >= 0.3 is 0 Å². The molecule has 0 aromatic carbocycles. The van der Waals surface area contributed by atoms with Crippen LogP contribution in [0.2, 0.25) is 0 Å². The molecule has 1 saturated heterocycles. The molecule has 1 aliphatic heterocycles. The van der Waals surface area contributed by atoms with Gasteiger partial charge in [0.15, 0.2) is 0 Å². The zero-order valence-electron chi connectivity index (χ0n) is 7.69. The molecular weight excluding hydrogens is 134 g/mol. The molecule has 1 N–H and O–H groups in total. The predicted octanol–water partition coefficient (Wildman–Crippen LogP) is 2.17. The van der Waals surface area contributed by atoms with E-state index < -0.39 is 0 Å². The van der Waals surface area contributed by atoms with E-state index >= 15 is 0 Å². The monoisotopic (exact) mass is 153 g/mol. The Bertz CT molecular complexity index is 147. The molecule has 1 saturated carbocycles. The zero-order chi connectivity index (χ0) is 7.90. The largest absolute Gasteiger partial charge is 0.311 e. The predicted molar refractivity (Wildman–Crippen MR) is 47.5 cm³/mol. The molecular formula is C10H19N. The van der Waals surface area contributed by atoms with Crippen LogP contribution in [0.1, 0.15) is 39.5 Å². The molecule has 0 aromatic rings. The SMILES string of the molecule is CC1(C)CC(C2CCC2)CN1. The second-order valence-corrected chi connectivity index (χ2v) is 4.92. The van der Waals surface area contributed by atoms with Crippen LogP contribution >= 0.6 is 0 Å². The molecule has 11 heavy (non-hydrogen) atoms. The fraction of sp³-hybridized carbons (Fsp3) is 1.00. The first kappa shape index (κ1) is 7.60. The first-order valence-corrected chi connectivity index (χ1v) is 4.92. The van der Waals surface area contributed by atoms with Gasteiger partial charge in [-0.3, -0.25) is 0 Å². The van der Waals surface area contributed by atoms with Crippen molar-refractivity contribution < 1.29 is 0 Å². The molecule has 2 aliphatic rings. The van der Waals surface area contributed by atoms with Crippen molar-refractivity contribution in [3.8, 4) is 0 Å². The van der Waals surface area contributed by atoms with E-state index in [4.69, 9.17) is 0 Å². The molecule has 0 amide bonds. The number of rotatable bonds is 1. The van der Waals surface area contributed by atoms with E-state index in [1.54, 1.807) is 0 Å². The van der Waals surface area contributed by atoms with Crippen LogP contribution in [0.5, 0.6) is 0 Å². The molecule has 1 unspecified atom stereocenters. The summed E-state index contributed by atoms with van der Waals surface area (Å²) in [6.45, 7) is 5.93. The van der Waals surface area contributed by atoms with Crippen LogP contribution in [-0.4, -0.2) is 12.1 Å². The Labute approximate surface area is 69.6 Å². The third kappa shape index (κ3) is 1.44. The molecule has 2 fully saturated rings. The lowest BCUT2D eigenvalue weighted by Crippen LogP contribution is -2.31. The maximum Gasteiger partial charge on any atom is 0.0128 e. The molecule has 0 spiro atoms. The van der Waals surface area contributed by atoms with Gasteiger partial charge in [-0.15, -0.1) is 0 Å². The van der Waals surface area contributed by atoms with Gasteiger partial charge in [0, 0.05) is 5.54 Å². The summed E-state index contributed by atoms with van der Waals surface area (Å²) < 4.78 is 0. The van der Waals surface area contributed by atoms with Crippen molar-refractivity contribution in [2.24, 2.45) is 11.8 Å². The van der Waals surface area contributed by atoms with E-state index in [9.17, 15) is 0 Å². The van der Waals surface area contributed by atoms with Gasteiger partial charge in [0.25, 0.3) is 0 Å². The maximum absolute atomic E-state index is 3.60. The topological polar surface area (TPSA) is 12.0 Å². The smallest absolute Gasteiger partial charge is 0.0128 e. The molecule has 1 heteroatoms. The van der Waals surface area contributed by atoms with E-state index in [2.05, 4.69) is 19.2 Å². The number of hydrogen-bond acceptors (Lipinski definition) is 1. The normalized spacial score (nSPS) is 37.1. The lowest BCUT2D eigenvalue weighted by Gasteiger charge is -2.31. The summed E-state index contributed by atoms with van der Waals surface area (Å²) in [5, 5.41) is 3.60. The molecule has 0 radical (unpaired) electrons. The fourth-order valence-corrected chi connectivity index (χ4v) is 2.45. The van der Waals surface area contributed by atoms with Crippen molar-refractivity contribution in [3.05, 3.63) is 0 Å². The van der Waals surface area contributed by atoms with Crippen molar-refractivity contribution >= 4 is 0 Å². The number of nitrogens with one attached hydrogen (secondary N) is 1. The van der Waals surface area contributed by atoms with Crippen LogP contribution in [0.25, 0.3) is 0 Å². The highest BCUT2D eigenvalue weighted by molar-refractivity contribution is 4.93. The van der Waals surface area contributed by atoms with Crippen molar-refractivity contribution in [3.63, 3.8) is 0 Å². The van der Waals surface area contributed by atoms with Crippen LogP contribution in [-0.2, 0) is 0 Å². The first-order chi connectivity index (χ1) is 5.17. The molecule has 64 valence electrons. The average Bonchev–Trinajstić information content (AvgIpc) is 2.05. The third-order valence-corrected chi connectivity index (χ3v) is 3.43. The lowest BCUT2D eigenvalue weighted by atomic mass is 9.74. The van der Waals surface area contributed by atoms with Gasteiger partial charge in [-0.1, -0.05) is 19.3 Å². The van der Waals surface area contributed by atoms with Crippen molar-refractivity contribution in [1.29, 1.82) is 0 Å². The second-order valence-electron chi connectivity index (χ2n) is 4.92. The minimum absolute atomic E-state index is 0.431. The minimum Gasteiger partial charge on any atom is -0.311 e. The summed E-state index contributed by atoms with van der Waals surface area (Å²) in [6.07, 6.45) is 5.89. The standard InChI is InChI=1S/C10H19N/c1-10(2)6-9(7-11-10)8-4-3-5-8/h8-9,11H,3-7H2,1-2H3. The summed E-state index contributed by atoms with van der Waals surface area (Å²) in [7, 11) is 0. The summed E-state index contributed by atoms with van der Waals surface area (Å²) in [6, 6.07) is 0. The highest BCUT2D eigenvalue weighted by Gasteiger charge is 2.36. The van der Waals surface area contributed by atoms with E-state index in [1.165, 1.54) is 32.2 Å². The van der Waals surface area contributed by atoms with E-state index in [0.717, 1.165) is 11.8 Å². The van der Waals surface area contributed by atoms with E-state index in [1.807, 2.05) is 0 Å². The van der Waals surface area contributed by atoms with Gasteiger partial charge in [-0.25, -0.2) is 0 Å². The molecule has 0 bridgehead atoms. The van der Waals surface area contributed by atoms with Crippen LogP contribution in [0, 0.1) is 11.8 Å². The Kier molecular flexibility index (Phi) is 1.71. The van der Waals surface area contributed by atoms with Crippen molar-refractivity contribution in [2.75, 3.05) is 6.54 Å². The summed E-state index contributed by atoms with van der Waals surface area (Å²) in [5.74, 6) is 2.07. The van der Waals surface area contributed by atoms with Crippen LogP contribution in [0.15, 0.2) is 0 Å². The lowest BCUT2D eigenvalue weighted by molar-refractivity contribution is 0.213. The Morgan fingerprint density at radius 3 is 2.27 bits per heavy atom. The molecule has 1 aliphatic carbocycles. The molecule has 0 aromatic heterocycles. The summed E-state index contributed by atoms with van der Waals surface area (Å²) >= 11 is 0. The molecule has 2 rings (SSSR count). The van der Waals surface area contributed by atoms with Gasteiger partial charge < -0.3 is 5.32 Å². The zero-order valence-corrected chi connectivity index (χ0v) is 7.69. The van der Waals surface area contributed by atoms with E-state index in [-0.39, 0.29) is 0 Å². The highest BCUT2D eigenvalue weighted by atomic mass is 15.0. The minimum atomic E-state index is 0.431. The maximum atomic E-state index is 3.60. The van der Waals surface area contributed by atoms with Gasteiger partial charge in [0.1, 0.15) is 0 Å². The average molecular weight is 153 g/mol. The highest BCUT2D eigenvalue weighted by Crippen LogP contribution is 2.39. The van der Waals surface area contributed by atoms with Crippen LogP contribution in [0.3, 0.4) is 0 Å². The first-order valence-electron chi connectivity index (χ1n) is 4.92. The van der Waals surface area contributed by atoms with Crippen LogP contribution in [0.4, 0.5) is 0 Å². The quantitative estimate of drug-likeness (QED) is 0.609. The van der Waals surface area contributed by atoms with Gasteiger partial charge in [-0.05, 0) is 38.6 Å². The van der Waals surface area contributed by atoms with Gasteiger partial charge in [0.2, 0.25) is 0 Å². The number of hydrogen-bond donors (Lipinski definition) is 1. The third-order valence-electron chi connectivity index (χ3n) is 3.43. The van der Waals surface area contributed by atoms with Crippen molar-refractivity contribution in [1.82, 2.24) is 5.32 Å². The molecule has 1 atom stereocenters. The Morgan fingerprint density at radius 1 is 1.18 bits per heavy atom. The van der Waals surface area contributed by atoms with Crippen LogP contribution < -0.4 is 5.32 Å². The second kappa shape index (κ2) is 2.48. The van der Waals surface area contributed by atoms with E-state index in [0.29, 0.717) is 5.54 Å². The fourth-order valence-electron chi connectivity index (χ4n) is 2.45. The Balaban J connectivity index is 1.88. The molecule has 1 nitrogen and oxygen atoms in total. The summed E-state index contributed by atoms with van der Waals surface area (Å²) in [5.41, 5.74) is 0.431. The van der Waals surface area contributed by atoms with Crippen molar-refractivity contribution in [2.45, 2.75) is 45.1 Å². The summed E-state index contributed by atoms with van der Waals surface area (Å²) in [4.78, 5) is 0. The molecule has 1 heterocycles. The Hall–Kier alpha value is -0.0400. The Morgan fingerprint density at radius 2 is 1.91 bits per heavy atom.